The van der Waals surface area contributed by atoms with E-state index in [4.69, 9.17) is 9.47 Å². The number of hydrogen-bond donors (Lipinski definition) is 1. The number of likely N-dealkylation sites (N-methyl/N-ethyl adjacent to an activating group) is 1. The molecule has 1 atom stereocenters. The first-order valence-corrected chi connectivity index (χ1v) is 10.7. The maximum atomic E-state index is 13.4. The van der Waals surface area contributed by atoms with E-state index in [0.29, 0.717) is 30.2 Å². The molecule has 8 nitrogen and oxygen atoms in total. The Kier molecular flexibility index (Phi) is 7.87. The van der Waals surface area contributed by atoms with Crippen molar-refractivity contribution in [3.05, 3.63) is 59.4 Å². The second kappa shape index (κ2) is 10.8. The van der Waals surface area contributed by atoms with Crippen LogP contribution in [0.5, 0.6) is 11.5 Å². The van der Waals surface area contributed by atoms with Gasteiger partial charge >= 0.3 is 6.03 Å². The Bertz CT molecular complexity index is 1030. The molecular weight excluding hydrogens is 427 g/mol. The molecule has 0 saturated carbocycles. The molecule has 0 saturated heterocycles. The van der Waals surface area contributed by atoms with Crippen LogP contribution in [-0.2, 0) is 4.79 Å². The zero-order valence-electron chi connectivity index (χ0n) is 19.3. The summed E-state index contributed by atoms with van der Waals surface area (Å²) in [7, 11) is 4.66. The highest BCUT2D eigenvalue weighted by atomic mass is 19.1. The summed E-state index contributed by atoms with van der Waals surface area (Å²) in [5, 5.41) is 8.71. The summed E-state index contributed by atoms with van der Waals surface area (Å²) in [5.74, 6) is 0.431. The fourth-order valence-electron chi connectivity index (χ4n) is 3.59. The zero-order valence-corrected chi connectivity index (χ0v) is 19.3. The summed E-state index contributed by atoms with van der Waals surface area (Å²) in [6.07, 6.45) is 1.23. The van der Waals surface area contributed by atoms with Crippen LogP contribution in [0.15, 0.2) is 47.6 Å². The Morgan fingerprint density at radius 1 is 1.15 bits per heavy atom. The lowest BCUT2D eigenvalue weighted by Crippen LogP contribution is -2.43. The minimum atomic E-state index is -0.413. The molecule has 0 unspecified atom stereocenters. The van der Waals surface area contributed by atoms with Gasteiger partial charge < -0.3 is 19.7 Å². The molecule has 176 valence electrons. The summed E-state index contributed by atoms with van der Waals surface area (Å²) < 4.78 is 24.2. The Morgan fingerprint density at radius 2 is 1.85 bits per heavy atom. The number of amides is 3. The van der Waals surface area contributed by atoms with Gasteiger partial charge in [-0.05, 0) is 41.8 Å². The predicted molar refractivity (Wildman–Crippen MR) is 123 cm³/mol. The molecule has 0 aliphatic carbocycles. The van der Waals surface area contributed by atoms with Gasteiger partial charge in [-0.25, -0.2) is 14.2 Å². The number of benzene rings is 2. The van der Waals surface area contributed by atoms with Crippen LogP contribution in [0.1, 0.15) is 36.9 Å². The van der Waals surface area contributed by atoms with E-state index in [1.165, 1.54) is 22.0 Å². The van der Waals surface area contributed by atoms with Gasteiger partial charge in [-0.2, -0.15) is 5.10 Å². The zero-order chi connectivity index (χ0) is 24.0. The van der Waals surface area contributed by atoms with Gasteiger partial charge in [0.2, 0.25) is 0 Å². The van der Waals surface area contributed by atoms with Crippen LogP contribution in [0.4, 0.5) is 9.18 Å². The smallest absolute Gasteiger partial charge is 0.317 e. The molecule has 0 spiro atoms. The quantitative estimate of drug-likeness (QED) is 0.658. The number of carbonyl (C=O) groups excluding carboxylic acids is 2. The van der Waals surface area contributed by atoms with Crippen molar-refractivity contribution in [3.8, 4) is 11.5 Å². The maximum absolute atomic E-state index is 13.4. The van der Waals surface area contributed by atoms with E-state index in [2.05, 4.69) is 10.4 Å². The van der Waals surface area contributed by atoms with Crippen molar-refractivity contribution in [1.29, 1.82) is 0 Å². The third-order valence-corrected chi connectivity index (χ3v) is 5.38. The van der Waals surface area contributed by atoms with Gasteiger partial charge in [0.1, 0.15) is 12.4 Å². The number of nitrogens with one attached hydrogen (secondary N) is 1. The van der Waals surface area contributed by atoms with Gasteiger partial charge in [0, 0.05) is 20.0 Å². The molecule has 1 heterocycles. The number of hydrazone groups is 1. The minimum Gasteiger partial charge on any atom is -0.493 e. The number of methoxy groups -OCH3 is 2. The van der Waals surface area contributed by atoms with Gasteiger partial charge in [-0.1, -0.05) is 25.1 Å². The molecule has 0 aromatic heterocycles. The Morgan fingerprint density at radius 3 is 2.48 bits per heavy atom. The topological polar surface area (TPSA) is 83.5 Å². The third-order valence-electron chi connectivity index (χ3n) is 5.38. The van der Waals surface area contributed by atoms with Gasteiger partial charge in [0.05, 0.1) is 26.0 Å². The molecule has 3 rings (SSSR count). The number of ether oxygens (including phenoxy) is 2. The van der Waals surface area contributed by atoms with Gasteiger partial charge in [0.25, 0.3) is 5.91 Å². The first-order valence-electron chi connectivity index (χ1n) is 10.7. The summed E-state index contributed by atoms with van der Waals surface area (Å²) in [6.45, 7) is 2.34. The monoisotopic (exact) mass is 456 g/mol. The summed E-state index contributed by atoms with van der Waals surface area (Å²) >= 11 is 0. The molecule has 1 aliphatic heterocycles. The van der Waals surface area contributed by atoms with Crippen molar-refractivity contribution in [1.82, 2.24) is 15.2 Å². The summed E-state index contributed by atoms with van der Waals surface area (Å²) in [5.41, 5.74) is 2.19. The number of urea groups is 1. The van der Waals surface area contributed by atoms with Crippen LogP contribution in [0, 0.1) is 5.82 Å². The van der Waals surface area contributed by atoms with Crippen LogP contribution < -0.4 is 14.8 Å². The Labute approximate surface area is 193 Å². The largest absolute Gasteiger partial charge is 0.493 e. The first kappa shape index (κ1) is 24.0. The lowest BCUT2D eigenvalue weighted by Gasteiger charge is -2.25. The van der Waals surface area contributed by atoms with Crippen LogP contribution in [0.3, 0.4) is 0 Å². The van der Waals surface area contributed by atoms with Crippen LogP contribution in [-0.4, -0.2) is 61.9 Å². The number of rotatable bonds is 8. The highest BCUT2D eigenvalue weighted by Gasteiger charge is 2.34. The predicted octanol–water partition coefficient (Wildman–Crippen LogP) is 3.57. The molecule has 9 heteroatoms. The second-order valence-electron chi connectivity index (χ2n) is 7.71. The number of carbonyl (C=O) groups is 2. The average molecular weight is 457 g/mol. The fourth-order valence-corrected chi connectivity index (χ4v) is 3.59. The van der Waals surface area contributed by atoms with Crippen molar-refractivity contribution in [2.75, 3.05) is 34.4 Å². The van der Waals surface area contributed by atoms with Crippen molar-refractivity contribution in [3.63, 3.8) is 0 Å². The summed E-state index contributed by atoms with van der Waals surface area (Å²) in [6, 6.07) is 10.7. The molecule has 0 fully saturated rings. The SMILES string of the molecule is CCCNC(=O)N(C)CC(=O)N1N=C(c2ccc(F)cc2)C[C@H]1c1ccc(OC)c(OC)c1. The van der Waals surface area contributed by atoms with Gasteiger partial charge in [-0.15, -0.1) is 0 Å². The van der Waals surface area contributed by atoms with Crippen LogP contribution >= 0.6 is 0 Å². The molecule has 2 aromatic rings. The van der Waals surface area contributed by atoms with Gasteiger partial charge in [-0.3, -0.25) is 4.79 Å². The highest BCUT2D eigenvalue weighted by molar-refractivity contribution is 6.03. The molecule has 33 heavy (non-hydrogen) atoms. The third kappa shape index (κ3) is 5.60. The van der Waals surface area contributed by atoms with E-state index in [1.54, 1.807) is 39.5 Å². The standard InChI is InChI=1S/C24H29FN4O4/c1-5-12-26-24(31)28(2)15-23(30)29-20(17-8-11-21(32-3)22(13-17)33-4)14-19(27-29)16-6-9-18(25)10-7-16/h6-11,13,20H,5,12,14-15H2,1-4H3,(H,26,31)/t20-/m0/s1. The van der Waals surface area contributed by atoms with Crippen molar-refractivity contribution in [2.24, 2.45) is 5.10 Å². The van der Waals surface area contributed by atoms with E-state index >= 15 is 0 Å². The highest BCUT2D eigenvalue weighted by Crippen LogP contribution is 2.37. The molecule has 1 aliphatic rings. The molecule has 0 bridgehead atoms. The van der Waals surface area contributed by atoms with Crippen LogP contribution in [0.25, 0.3) is 0 Å². The number of halogens is 1. The average Bonchev–Trinajstić information content (AvgIpc) is 3.28. The Hall–Kier alpha value is -3.62. The molecular formula is C24H29FN4O4. The molecule has 1 N–H and O–H groups in total. The van der Waals surface area contributed by atoms with E-state index in [0.717, 1.165) is 17.5 Å². The van der Waals surface area contributed by atoms with E-state index in [1.807, 2.05) is 19.1 Å². The molecule has 3 amide bonds. The molecule has 0 radical (unpaired) electrons. The normalized spacial score (nSPS) is 15.1. The number of hydrogen-bond acceptors (Lipinski definition) is 5. The first-order chi connectivity index (χ1) is 15.9. The minimum absolute atomic E-state index is 0.139. The fraction of sp³-hybridized carbons (Fsp3) is 0.375. The van der Waals surface area contributed by atoms with Crippen LogP contribution in [0.2, 0.25) is 0 Å². The Balaban J connectivity index is 1.90. The van der Waals surface area contributed by atoms with Gasteiger partial charge in [0.15, 0.2) is 11.5 Å². The van der Waals surface area contributed by atoms with E-state index < -0.39 is 6.04 Å². The van der Waals surface area contributed by atoms with Crippen molar-refractivity contribution < 1.29 is 23.5 Å². The maximum Gasteiger partial charge on any atom is 0.317 e. The number of nitrogens with zero attached hydrogens (tertiary/aromatic N) is 3. The lowest BCUT2D eigenvalue weighted by atomic mass is 9.98. The summed E-state index contributed by atoms with van der Waals surface area (Å²) in [4.78, 5) is 26.8. The lowest BCUT2D eigenvalue weighted by molar-refractivity contribution is -0.133. The van der Waals surface area contributed by atoms with Crippen molar-refractivity contribution >= 4 is 17.6 Å². The van der Waals surface area contributed by atoms with E-state index in [-0.39, 0.29) is 24.3 Å². The van der Waals surface area contributed by atoms with Crippen molar-refractivity contribution in [2.45, 2.75) is 25.8 Å². The second-order valence-corrected chi connectivity index (χ2v) is 7.71. The van der Waals surface area contributed by atoms with E-state index in [9.17, 15) is 14.0 Å². The molecule has 2 aromatic carbocycles.